The third-order valence-corrected chi connectivity index (χ3v) is 3.88. The summed E-state index contributed by atoms with van der Waals surface area (Å²) in [6, 6.07) is 0. The Balaban J connectivity index is 2.12. The third kappa shape index (κ3) is 6.36. The Hall–Kier alpha value is -0.650. The van der Waals surface area contributed by atoms with E-state index in [1.54, 1.807) is 7.11 Å². The molecule has 0 aromatic heterocycles. The van der Waals surface area contributed by atoms with Gasteiger partial charge < -0.3 is 20.5 Å². The fourth-order valence-corrected chi connectivity index (χ4v) is 2.64. The molecule has 1 rings (SSSR count). The van der Waals surface area contributed by atoms with Crippen LogP contribution in [0.25, 0.3) is 0 Å². The van der Waals surface area contributed by atoms with Crippen LogP contribution in [0.15, 0.2) is 0 Å². The molecule has 0 spiro atoms. The second-order valence-corrected chi connectivity index (χ2v) is 5.52. The van der Waals surface area contributed by atoms with Crippen LogP contribution in [-0.4, -0.2) is 51.0 Å². The molecule has 1 aliphatic rings. The molecule has 1 amide bonds. The lowest BCUT2D eigenvalue weighted by atomic mass is 9.74. The van der Waals surface area contributed by atoms with Gasteiger partial charge in [-0.15, -0.1) is 0 Å². The summed E-state index contributed by atoms with van der Waals surface area (Å²) in [5, 5.41) is 15.6. The normalized spacial score (nSPS) is 18.2. The molecule has 0 saturated heterocycles. The van der Waals surface area contributed by atoms with Crippen molar-refractivity contribution < 1.29 is 14.6 Å². The van der Waals surface area contributed by atoms with E-state index in [4.69, 9.17) is 4.74 Å². The average molecular weight is 272 g/mol. The highest BCUT2D eigenvalue weighted by atomic mass is 16.5. The molecule has 5 heteroatoms. The minimum absolute atomic E-state index is 0.00538. The zero-order chi connectivity index (χ0) is 14.0. The minimum atomic E-state index is -0.00538. The summed E-state index contributed by atoms with van der Waals surface area (Å²) in [5.41, 5.74) is -0.00538. The molecule has 1 aliphatic carbocycles. The maximum atomic E-state index is 11.6. The number of methoxy groups -OCH3 is 1. The smallest absolute Gasteiger partial charge is 0.233 e. The summed E-state index contributed by atoms with van der Waals surface area (Å²) >= 11 is 0. The van der Waals surface area contributed by atoms with Gasteiger partial charge in [0.25, 0.3) is 0 Å². The number of aliphatic hydroxyl groups is 1. The SMILES string of the molecule is COCCCNC(=O)CNCC1(CO)CCCCC1. The maximum Gasteiger partial charge on any atom is 0.233 e. The Bertz CT molecular complexity index is 253. The Morgan fingerprint density at radius 1 is 1.32 bits per heavy atom. The van der Waals surface area contributed by atoms with Gasteiger partial charge in [-0.2, -0.15) is 0 Å². The molecule has 1 fully saturated rings. The van der Waals surface area contributed by atoms with Crippen molar-refractivity contribution in [2.45, 2.75) is 38.5 Å². The van der Waals surface area contributed by atoms with Gasteiger partial charge in [-0.25, -0.2) is 0 Å². The largest absolute Gasteiger partial charge is 0.396 e. The van der Waals surface area contributed by atoms with Crippen molar-refractivity contribution in [3.05, 3.63) is 0 Å². The fraction of sp³-hybridized carbons (Fsp3) is 0.929. The van der Waals surface area contributed by atoms with E-state index < -0.39 is 0 Å². The van der Waals surface area contributed by atoms with E-state index in [2.05, 4.69) is 10.6 Å². The minimum Gasteiger partial charge on any atom is -0.396 e. The molecular formula is C14H28N2O3. The molecule has 0 aliphatic heterocycles. The summed E-state index contributed by atoms with van der Waals surface area (Å²) in [7, 11) is 1.65. The summed E-state index contributed by atoms with van der Waals surface area (Å²) < 4.78 is 4.92. The van der Waals surface area contributed by atoms with Gasteiger partial charge in [-0.1, -0.05) is 19.3 Å². The predicted octanol–water partition coefficient (Wildman–Crippen LogP) is 0.672. The lowest BCUT2D eigenvalue weighted by Gasteiger charge is -2.35. The molecule has 0 aromatic rings. The number of hydrogen-bond acceptors (Lipinski definition) is 4. The molecule has 1 saturated carbocycles. The van der Waals surface area contributed by atoms with E-state index in [-0.39, 0.29) is 17.9 Å². The summed E-state index contributed by atoms with van der Waals surface area (Å²) in [6.07, 6.45) is 6.60. The van der Waals surface area contributed by atoms with Crippen LogP contribution in [0.4, 0.5) is 0 Å². The monoisotopic (exact) mass is 272 g/mol. The van der Waals surface area contributed by atoms with Crippen LogP contribution in [0.5, 0.6) is 0 Å². The van der Waals surface area contributed by atoms with Crippen LogP contribution in [0.2, 0.25) is 0 Å². The Labute approximate surface area is 116 Å². The zero-order valence-electron chi connectivity index (χ0n) is 12.0. The second kappa shape index (κ2) is 9.28. The molecule has 0 unspecified atom stereocenters. The van der Waals surface area contributed by atoms with Crippen molar-refractivity contribution in [2.24, 2.45) is 5.41 Å². The first-order valence-electron chi connectivity index (χ1n) is 7.30. The van der Waals surface area contributed by atoms with Gasteiger partial charge in [0.05, 0.1) is 6.54 Å². The first-order valence-corrected chi connectivity index (χ1v) is 7.30. The van der Waals surface area contributed by atoms with E-state index in [1.165, 1.54) is 19.3 Å². The van der Waals surface area contributed by atoms with E-state index in [1.807, 2.05) is 0 Å². The molecule has 0 radical (unpaired) electrons. The van der Waals surface area contributed by atoms with Crippen LogP contribution in [0.1, 0.15) is 38.5 Å². The number of aliphatic hydroxyl groups excluding tert-OH is 1. The summed E-state index contributed by atoms with van der Waals surface area (Å²) in [5.74, 6) is 0.0139. The zero-order valence-corrected chi connectivity index (χ0v) is 12.0. The lowest BCUT2D eigenvalue weighted by molar-refractivity contribution is -0.120. The number of carbonyl (C=O) groups excluding carboxylic acids is 1. The number of ether oxygens (including phenoxy) is 1. The Morgan fingerprint density at radius 2 is 2.05 bits per heavy atom. The molecule has 0 bridgehead atoms. The molecule has 3 N–H and O–H groups in total. The van der Waals surface area contributed by atoms with Crippen molar-refractivity contribution in [3.8, 4) is 0 Å². The molecule has 19 heavy (non-hydrogen) atoms. The van der Waals surface area contributed by atoms with Gasteiger partial charge in [0.1, 0.15) is 0 Å². The molecule has 0 atom stereocenters. The first kappa shape index (κ1) is 16.4. The molecular weight excluding hydrogens is 244 g/mol. The lowest BCUT2D eigenvalue weighted by Crippen LogP contribution is -2.43. The summed E-state index contributed by atoms with van der Waals surface area (Å²) in [4.78, 5) is 11.6. The standard InChI is InChI=1S/C14H28N2O3/c1-19-9-5-8-16-13(18)10-15-11-14(12-17)6-3-2-4-7-14/h15,17H,2-12H2,1H3,(H,16,18). The molecule has 112 valence electrons. The quantitative estimate of drug-likeness (QED) is 0.540. The second-order valence-electron chi connectivity index (χ2n) is 5.52. The number of carbonyl (C=O) groups is 1. The molecule has 0 aromatic carbocycles. The van der Waals surface area contributed by atoms with Gasteiger partial charge in [-0.05, 0) is 19.3 Å². The maximum absolute atomic E-state index is 11.6. The number of rotatable bonds is 9. The van der Waals surface area contributed by atoms with Crippen LogP contribution >= 0.6 is 0 Å². The highest BCUT2D eigenvalue weighted by Gasteiger charge is 2.30. The van der Waals surface area contributed by atoms with Crippen molar-refractivity contribution in [2.75, 3.05) is 40.0 Å². The van der Waals surface area contributed by atoms with Gasteiger partial charge in [0.15, 0.2) is 0 Å². The third-order valence-electron chi connectivity index (χ3n) is 3.88. The van der Waals surface area contributed by atoms with Gasteiger partial charge >= 0.3 is 0 Å². The number of hydrogen-bond donors (Lipinski definition) is 3. The molecule has 0 heterocycles. The highest BCUT2D eigenvalue weighted by molar-refractivity contribution is 5.77. The van der Waals surface area contributed by atoms with Crippen molar-refractivity contribution in [3.63, 3.8) is 0 Å². The van der Waals surface area contributed by atoms with Crippen molar-refractivity contribution in [1.29, 1.82) is 0 Å². The Kier molecular flexibility index (Phi) is 8.02. The van der Waals surface area contributed by atoms with Crippen LogP contribution in [0, 0.1) is 5.41 Å². The highest BCUT2D eigenvalue weighted by Crippen LogP contribution is 2.34. The van der Waals surface area contributed by atoms with Crippen molar-refractivity contribution >= 4 is 5.91 Å². The van der Waals surface area contributed by atoms with Gasteiger partial charge in [0.2, 0.25) is 5.91 Å². The Morgan fingerprint density at radius 3 is 2.68 bits per heavy atom. The van der Waals surface area contributed by atoms with Crippen LogP contribution in [-0.2, 0) is 9.53 Å². The van der Waals surface area contributed by atoms with E-state index in [9.17, 15) is 9.90 Å². The van der Waals surface area contributed by atoms with E-state index >= 15 is 0 Å². The van der Waals surface area contributed by atoms with Crippen LogP contribution in [0.3, 0.4) is 0 Å². The summed E-state index contributed by atoms with van der Waals surface area (Å²) in [6.45, 7) is 2.60. The molecule has 5 nitrogen and oxygen atoms in total. The topological polar surface area (TPSA) is 70.6 Å². The van der Waals surface area contributed by atoms with Crippen molar-refractivity contribution in [1.82, 2.24) is 10.6 Å². The predicted molar refractivity (Wildman–Crippen MR) is 75.0 cm³/mol. The van der Waals surface area contributed by atoms with Gasteiger partial charge in [-0.3, -0.25) is 4.79 Å². The number of amides is 1. The van der Waals surface area contributed by atoms with E-state index in [0.717, 1.165) is 25.8 Å². The van der Waals surface area contributed by atoms with E-state index in [0.29, 0.717) is 19.7 Å². The average Bonchev–Trinajstić information content (AvgIpc) is 2.45. The first-order chi connectivity index (χ1) is 9.22. The van der Waals surface area contributed by atoms with Crippen LogP contribution < -0.4 is 10.6 Å². The fourth-order valence-electron chi connectivity index (χ4n) is 2.64. The number of nitrogens with one attached hydrogen (secondary N) is 2. The van der Waals surface area contributed by atoms with Gasteiger partial charge in [0, 0.05) is 38.8 Å².